The van der Waals surface area contributed by atoms with Gasteiger partial charge in [0.1, 0.15) is 11.9 Å². The normalized spacial score (nSPS) is 20.7. The van der Waals surface area contributed by atoms with Crippen LogP contribution in [0, 0.1) is 5.92 Å². The van der Waals surface area contributed by atoms with E-state index in [0.717, 1.165) is 0 Å². The molecule has 0 aliphatic carbocycles. The number of rotatable bonds is 7. The number of nitrogens with one attached hydrogen (secondary N) is 2. The Morgan fingerprint density at radius 3 is 2.71 bits per heavy atom. The largest absolute Gasteiger partial charge is 0.488 e. The zero-order chi connectivity index (χ0) is 23.2. The molecule has 31 heavy (non-hydrogen) atoms. The molecule has 1 aliphatic heterocycles. The lowest BCUT2D eigenvalue weighted by molar-refractivity contribution is -0.142. The molecule has 1 aliphatic rings. The Kier molecular flexibility index (Phi) is 8.69. The summed E-state index contributed by atoms with van der Waals surface area (Å²) in [5, 5.41) is 15.1. The quantitative estimate of drug-likeness (QED) is 0.599. The maximum atomic E-state index is 13.0. The fraction of sp³-hybridized carbons (Fsp3) is 0.619. The maximum Gasteiger partial charge on any atom is 0.389 e. The van der Waals surface area contributed by atoms with Gasteiger partial charge in [-0.05, 0) is 32.2 Å². The predicted octanol–water partition coefficient (Wildman–Crippen LogP) is 2.34. The SMILES string of the molecule is CNC[C@H]1Oc2ccc(NC(=O)CCC(F)(F)F)cc2CC(=O)N([C@@H](C)CO)C[C@H]1C. The van der Waals surface area contributed by atoms with Gasteiger partial charge in [0.15, 0.2) is 0 Å². The van der Waals surface area contributed by atoms with Gasteiger partial charge in [-0.15, -0.1) is 0 Å². The van der Waals surface area contributed by atoms with Crippen LogP contribution >= 0.6 is 0 Å². The second-order valence-corrected chi connectivity index (χ2v) is 7.93. The first-order valence-corrected chi connectivity index (χ1v) is 10.2. The molecule has 1 aromatic carbocycles. The van der Waals surface area contributed by atoms with E-state index in [9.17, 15) is 27.9 Å². The molecule has 0 radical (unpaired) electrons. The van der Waals surface area contributed by atoms with E-state index in [1.165, 1.54) is 0 Å². The van der Waals surface area contributed by atoms with Crippen LogP contribution in [0.3, 0.4) is 0 Å². The molecule has 0 saturated heterocycles. The zero-order valence-corrected chi connectivity index (χ0v) is 18.0. The van der Waals surface area contributed by atoms with Crippen molar-refractivity contribution in [3.63, 3.8) is 0 Å². The first-order valence-electron chi connectivity index (χ1n) is 10.2. The van der Waals surface area contributed by atoms with Crippen LogP contribution in [0.25, 0.3) is 0 Å². The van der Waals surface area contributed by atoms with Crippen LogP contribution in [0.15, 0.2) is 18.2 Å². The van der Waals surface area contributed by atoms with Crippen LogP contribution in [-0.4, -0.2) is 66.9 Å². The molecule has 0 bridgehead atoms. The van der Waals surface area contributed by atoms with Gasteiger partial charge in [0.25, 0.3) is 0 Å². The van der Waals surface area contributed by atoms with Crippen LogP contribution in [0.2, 0.25) is 0 Å². The molecule has 1 aromatic rings. The number of aliphatic hydroxyl groups is 1. The fourth-order valence-corrected chi connectivity index (χ4v) is 3.43. The number of ether oxygens (including phenoxy) is 1. The highest BCUT2D eigenvalue weighted by atomic mass is 19.4. The minimum atomic E-state index is -4.41. The van der Waals surface area contributed by atoms with E-state index in [1.807, 2.05) is 6.92 Å². The zero-order valence-electron chi connectivity index (χ0n) is 18.0. The standard InChI is InChI=1S/C21H30F3N3O4/c1-13-11-27(14(2)12-28)20(30)9-15-8-16(26-19(29)6-7-21(22,23)24)4-5-17(15)31-18(13)10-25-3/h4-5,8,13-14,18,25,28H,6-7,9-12H2,1-3H3,(H,26,29)/t13-,14+,18-/m1/s1. The average Bonchev–Trinajstić information content (AvgIpc) is 2.74. The molecular weight excluding hydrogens is 415 g/mol. The summed E-state index contributed by atoms with van der Waals surface area (Å²) in [7, 11) is 1.79. The van der Waals surface area contributed by atoms with Crippen molar-refractivity contribution in [2.45, 2.75) is 51.4 Å². The highest BCUT2D eigenvalue weighted by Gasteiger charge is 2.30. The number of carbonyl (C=O) groups is 2. The lowest BCUT2D eigenvalue weighted by Crippen LogP contribution is -2.47. The molecule has 1 heterocycles. The number of likely N-dealkylation sites (N-methyl/N-ethyl adjacent to an activating group) is 1. The van der Waals surface area contributed by atoms with Crippen molar-refractivity contribution in [2.24, 2.45) is 5.92 Å². The Labute approximate surface area is 179 Å². The lowest BCUT2D eigenvalue weighted by Gasteiger charge is -2.32. The summed E-state index contributed by atoms with van der Waals surface area (Å²) in [5.74, 6) is -0.515. The minimum absolute atomic E-state index is 0.0229. The Balaban J connectivity index is 2.29. The highest BCUT2D eigenvalue weighted by Crippen LogP contribution is 2.29. The molecule has 174 valence electrons. The average molecular weight is 445 g/mol. The topological polar surface area (TPSA) is 90.9 Å². The Morgan fingerprint density at radius 2 is 2.10 bits per heavy atom. The van der Waals surface area contributed by atoms with E-state index in [-0.39, 0.29) is 37.0 Å². The molecule has 2 amide bonds. The Bertz CT molecular complexity index is 773. The van der Waals surface area contributed by atoms with Crippen LogP contribution in [-0.2, 0) is 16.0 Å². The molecule has 7 nitrogen and oxygen atoms in total. The van der Waals surface area contributed by atoms with Gasteiger partial charge < -0.3 is 25.4 Å². The Morgan fingerprint density at radius 1 is 1.39 bits per heavy atom. The third-order valence-corrected chi connectivity index (χ3v) is 5.24. The van der Waals surface area contributed by atoms with E-state index in [4.69, 9.17) is 4.74 Å². The van der Waals surface area contributed by atoms with Gasteiger partial charge in [-0.1, -0.05) is 6.92 Å². The molecule has 0 fully saturated rings. The van der Waals surface area contributed by atoms with Gasteiger partial charge in [0.05, 0.1) is 25.5 Å². The number of nitrogens with zero attached hydrogens (tertiary/aromatic N) is 1. The van der Waals surface area contributed by atoms with Crippen molar-refractivity contribution in [2.75, 3.05) is 32.1 Å². The van der Waals surface area contributed by atoms with Crippen LogP contribution in [0.1, 0.15) is 32.3 Å². The molecule has 3 N–H and O–H groups in total. The third-order valence-electron chi connectivity index (χ3n) is 5.24. The van der Waals surface area contributed by atoms with Gasteiger partial charge in [-0.2, -0.15) is 13.2 Å². The second-order valence-electron chi connectivity index (χ2n) is 7.93. The van der Waals surface area contributed by atoms with Gasteiger partial charge in [-0.3, -0.25) is 9.59 Å². The molecule has 0 spiro atoms. The molecule has 0 unspecified atom stereocenters. The summed E-state index contributed by atoms with van der Waals surface area (Å²) in [6.07, 6.45) is -6.57. The van der Waals surface area contributed by atoms with Crippen molar-refractivity contribution >= 4 is 17.5 Å². The van der Waals surface area contributed by atoms with Crippen molar-refractivity contribution < 1.29 is 32.6 Å². The van der Waals surface area contributed by atoms with Crippen LogP contribution < -0.4 is 15.4 Å². The Hall–Kier alpha value is -2.33. The van der Waals surface area contributed by atoms with E-state index >= 15 is 0 Å². The summed E-state index contributed by atoms with van der Waals surface area (Å²) in [5.41, 5.74) is 0.811. The molecule has 2 rings (SSSR count). The number of amides is 2. The van der Waals surface area contributed by atoms with E-state index in [2.05, 4.69) is 10.6 Å². The van der Waals surface area contributed by atoms with Gasteiger partial charge >= 0.3 is 6.18 Å². The van der Waals surface area contributed by atoms with Crippen molar-refractivity contribution in [1.82, 2.24) is 10.2 Å². The van der Waals surface area contributed by atoms with Gasteiger partial charge in [0.2, 0.25) is 11.8 Å². The first kappa shape index (κ1) is 24.9. The smallest absolute Gasteiger partial charge is 0.389 e. The van der Waals surface area contributed by atoms with Crippen molar-refractivity contribution in [1.29, 1.82) is 0 Å². The van der Waals surface area contributed by atoms with Crippen LogP contribution in [0.5, 0.6) is 5.75 Å². The van der Waals surface area contributed by atoms with Gasteiger partial charge in [0, 0.05) is 36.7 Å². The summed E-state index contributed by atoms with van der Waals surface area (Å²) < 4.78 is 43.2. The van der Waals surface area contributed by atoms with Gasteiger partial charge in [-0.25, -0.2) is 0 Å². The minimum Gasteiger partial charge on any atom is -0.488 e. The van der Waals surface area contributed by atoms with Crippen molar-refractivity contribution in [3.05, 3.63) is 23.8 Å². The number of aliphatic hydroxyl groups excluding tert-OH is 1. The number of fused-ring (bicyclic) bond motifs is 1. The molecule has 3 atom stereocenters. The molecule has 10 heteroatoms. The number of alkyl halides is 3. The molecular formula is C21H30F3N3O4. The fourth-order valence-electron chi connectivity index (χ4n) is 3.43. The van der Waals surface area contributed by atoms with E-state index in [1.54, 1.807) is 37.1 Å². The third kappa shape index (κ3) is 7.39. The maximum absolute atomic E-state index is 13.0. The monoisotopic (exact) mass is 445 g/mol. The summed E-state index contributed by atoms with van der Waals surface area (Å²) in [4.78, 5) is 26.5. The highest BCUT2D eigenvalue weighted by molar-refractivity contribution is 5.91. The summed E-state index contributed by atoms with van der Waals surface area (Å²) in [6.45, 7) is 4.48. The predicted molar refractivity (Wildman–Crippen MR) is 110 cm³/mol. The van der Waals surface area contributed by atoms with E-state index in [0.29, 0.717) is 30.1 Å². The molecule has 0 saturated carbocycles. The summed E-state index contributed by atoms with van der Waals surface area (Å²) in [6, 6.07) is 4.33. The lowest BCUT2D eigenvalue weighted by atomic mass is 10.0. The number of halogens is 3. The first-order chi connectivity index (χ1) is 14.5. The number of benzene rings is 1. The van der Waals surface area contributed by atoms with Crippen LogP contribution in [0.4, 0.5) is 18.9 Å². The number of hydrogen-bond acceptors (Lipinski definition) is 5. The van der Waals surface area contributed by atoms with E-state index < -0.39 is 24.9 Å². The second kappa shape index (κ2) is 10.8. The number of anilines is 1. The number of hydrogen-bond donors (Lipinski definition) is 3. The van der Waals surface area contributed by atoms with Crippen molar-refractivity contribution in [3.8, 4) is 5.75 Å². The number of carbonyl (C=O) groups excluding carboxylic acids is 2. The summed E-state index contributed by atoms with van der Waals surface area (Å²) >= 11 is 0. The molecule has 0 aromatic heterocycles.